The first-order valence-electron chi connectivity index (χ1n) is 11.4. The normalized spacial score (nSPS) is 10.6. The molecule has 165 valence electrons. The Bertz CT molecular complexity index is 1190. The van der Waals surface area contributed by atoms with Gasteiger partial charge >= 0.3 is 0 Å². The van der Waals surface area contributed by atoms with Crippen LogP contribution in [0.3, 0.4) is 0 Å². The maximum atomic E-state index is 3.48. The van der Waals surface area contributed by atoms with Crippen LogP contribution in [0.2, 0.25) is 0 Å². The van der Waals surface area contributed by atoms with Crippen LogP contribution >= 0.6 is 0 Å². The molecule has 0 fully saturated rings. The van der Waals surface area contributed by atoms with Gasteiger partial charge in [0.25, 0.3) is 0 Å². The monoisotopic (exact) mass is 440 g/mol. The Morgan fingerprint density at radius 3 is 1.15 bits per heavy atom. The van der Waals surface area contributed by atoms with Crippen molar-refractivity contribution in [3.63, 3.8) is 0 Å². The lowest BCUT2D eigenvalue weighted by molar-refractivity contribution is 0.835. The number of nitrogens with one attached hydrogen (secondary N) is 1. The zero-order valence-corrected chi connectivity index (χ0v) is 18.8. The standard InChI is InChI=1S/C31H26N3/c1-5-13-27(14-6-1)33(28-15-7-2-8-16-28)29-23-21-26(22-24-29)25-32-34(30-17-9-3-10-18-30)31-19-11-4-12-20-31/h1-25,32H. The fourth-order valence-electron chi connectivity index (χ4n) is 3.91. The third-order valence-electron chi connectivity index (χ3n) is 5.57. The number of benzene rings is 5. The minimum absolute atomic E-state index is 1.07. The molecule has 0 amide bonds. The van der Waals surface area contributed by atoms with Gasteiger partial charge in [-0.05, 0) is 66.2 Å². The van der Waals surface area contributed by atoms with E-state index < -0.39 is 0 Å². The van der Waals surface area contributed by atoms with Crippen molar-refractivity contribution in [2.45, 2.75) is 0 Å². The Hall–Kier alpha value is -4.34. The maximum Gasteiger partial charge on any atom is 0.0729 e. The van der Waals surface area contributed by atoms with Crippen molar-refractivity contribution >= 4 is 28.4 Å². The molecule has 0 aromatic heterocycles. The van der Waals surface area contributed by atoms with Gasteiger partial charge in [0.15, 0.2) is 0 Å². The first-order chi connectivity index (χ1) is 16.9. The molecule has 0 unspecified atom stereocenters. The molecule has 0 bridgehead atoms. The highest BCUT2D eigenvalue weighted by Crippen LogP contribution is 2.34. The minimum Gasteiger partial charge on any atom is -0.311 e. The summed E-state index contributed by atoms with van der Waals surface area (Å²) in [5.41, 5.74) is 10.1. The molecule has 0 atom stereocenters. The average molecular weight is 441 g/mol. The lowest BCUT2D eigenvalue weighted by Gasteiger charge is -2.27. The fourth-order valence-corrected chi connectivity index (χ4v) is 3.91. The second-order valence-electron chi connectivity index (χ2n) is 7.88. The Balaban J connectivity index is 1.38. The maximum absolute atomic E-state index is 3.48. The summed E-state index contributed by atoms with van der Waals surface area (Å²) in [6.07, 6.45) is 0. The van der Waals surface area contributed by atoms with Crippen molar-refractivity contribution in [2.24, 2.45) is 0 Å². The molecule has 5 rings (SSSR count). The van der Waals surface area contributed by atoms with E-state index in [4.69, 9.17) is 0 Å². The quantitative estimate of drug-likeness (QED) is 0.247. The van der Waals surface area contributed by atoms with Gasteiger partial charge in [0.05, 0.1) is 17.9 Å². The summed E-state index contributed by atoms with van der Waals surface area (Å²) in [6, 6.07) is 50.1. The van der Waals surface area contributed by atoms with Crippen molar-refractivity contribution in [1.29, 1.82) is 0 Å². The summed E-state index contributed by atoms with van der Waals surface area (Å²) in [4.78, 5) is 2.26. The molecule has 5 aromatic rings. The highest BCUT2D eigenvalue weighted by Gasteiger charge is 2.12. The van der Waals surface area contributed by atoms with Gasteiger partial charge in [-0.15, -0.1) is 0 Å². The van der Waals surface area contributed by atoms with Crippen LogP contribution in [0, 0.1) is 6.54 Å². The minimum atomic E-state index is 1.07. The van der Waals surface area contributed by atoms with Crippen molar-refractivity contribution in [2.75, 3.05) is 9.91 Å². The molecule has 0 aliphatic carbocycles. The molecule has 5 aromatic carbocycles. The molecule has 0 spiro atoms. The Kier molecular flexibility index (Phi) is 6.65. The lowest BCUT2D eigenvalue weighted by atomic mass is 10.1. The van der Waals surface area contributed by atoms with Gasteiger partial charge in [-0.3, -0.25) is 5.01 Å². The summed E-state index contributed by atoms with van der Waals surface area (Å²) in [7, 11) is 0. The van der Waals surface area contributed by atoms with Crippen molar-refractivity contribution in [1.82, 2.24) is 5.43 Å². The van der Waals surface area contributed by atoms with Crippen molar-refractivity contribution in [3.05, 3.63) is 158 Å². The number of hydrogen-bond acceptors (Lipinski definition) is 3. The van der Waals surface area contributed by atoms with Gasteiger partial charge in [-0.25, -0.2) is 5.43 Å². The number of para-hydroxylation sites is 4. The van der Waals surface area contributed by atoms with E-state index in [1.54, 1.807) is 0 Å². The predicted octanol–water partition coefficient (Wildman–Crippen LogP) is 8.01. The van der Waals surface area contributed by atoms with Crippen LogP contribution in [0.5, 0.6) is 0 Å². The number of hydrogen-bond donors (Lipinski definition) is 1. The molecule has 3 nitrogen and oxygen atoms in total. The van der Waals surface area contributed by atoms with Crippen LogP contribution in [0.4, 0.5) is 28.4 Å². The highest BCUT2D eigenvalue weighted by atomic mass is 15.5. The largest absolute Gasteiger partial charge is 0.311 e. The van der Waals surface area contributed by atoms with E-state index in [0.717, 1.165) is 34.0 Å². The van der Waals surface area contributed by atoms with E-state index in [9.17, 15) is 0 Å². The highest BCUT2D eigenvalue weighted by molar-refractivity contribution is 5.76. The van der Waals surface area contributed by atoms with E-state index in [-0.39, 0.29) is 0 Å². The molecule has 0 saturated carbocycles. The second-order valence-corrected chi connectivity index (χ2v) is 7.88. The van der Waals surface area contributed by atoms with Gasteiger partial charge in [0, 0.05) is 17.1 Å². The van der Waals surface area contributed by atoms with Crippen LogP contribution in [-0.2, 0) is 0 Å². The van der Waals surface area contributed by atoms with Gasteiger partial charge < -0.3 is 4.90 Å². The number of rotatable bonds is 8. The molecule has 1 radical (unpaired) electrons. The summed E-state index contributed by atoms with van der Waals surface area (Å²) < 4.78 is 0. The lowest BCUT2D eigenvalue weighted by Crippen LogP contribution is -2.31. The van der Waals surface area contributed by atoms with Gasteiger partial charge in [-0.1, -0.05) is 84.9 Å². The summed E-state index contributed by atoms with van der Waals surface area (Å²) >= 11 is 0. The zero-order chi connectivity index (χ0) is 23.0. The first kappa shape index (κ1) is 21.5. The zero-order valence-electron chi connectivity index (χ0n) is 18.8. The molecule has 0 aliphatic heterocycles. The summed E-state index contributed by atoms with van der Waals surface area (Å²) in [5, 5.41) is 2.08. The van der Waals surface area contributed by atoms with Gasteiger partial charge in [-0.2, -0.15) is 0 Å². The SMILES string of the molecule is [CH](NN(c1ccccc1)c1ccccc1)c1ccc(N(c2ccccc2)c2ccccc2)cc1. The van der Waals surface area contributed by atoms with Gasteiger partial charge in [0.2, 0.25) is 0 Å². The Labute approximate surface area is 201 Å². The molecule has 34 heavy (non-hydrogen) atoms. The van der Waals surface area contributed by atoms with E-state index >= 15 is 0 Å². The third kappa shape index (κ3) is 5.01. The molecule has 1 N–H and O–H groups in total. The first-order valence-corrected chi connectivity index (χ1v) is 11.4. The predicted molar refractivity (Wildman–Crippen MR) is 143 cm³/mol. The van der Waals surface area contributed by atoms with Crippen LogP contribution < -0.4 is 15.3 Å². The van der Waals surface area contributed by atoms with Crippen LogP contribution in [0.25, 0.3) is 0 Å². The summed E-state index contributed by atoms with van der Waals surface area (Å²) in [5.74, 6) is 0. The smallest absolute Gasteiger partial charge is 0.0729 e. The van der Waals surface area contributed by atoms with E-state index in [1.807, 2.05) is 55.1 Å². The molecule has 0 aliphatic rings. The van der Waals surface area contributed by atoms with E-state index in [0.29, 0.717) is 0 Å². The molecular formula is C31H26N3. The molecular weight excluding hydrogens is 414 g/mol. The number of nitrogens with zero attached hydrogens (tertiary/aromatic N) is 2. The average Bonchev–Trinajstić information content (AvgIpc) is 2.92. The van der Waals surface area contributed by atoms with Crippen molar-refractivity contribution < 1.29 is 0 Å². The Morgan fingerprint density at radius 1 is 0.382 bits per heavy atom. The van der Waals surface area contributed by atoms with Crippen molar-refractivity contribution in [3.8, 4) is 0 Å². The topological polar surface area (TPSA) is 18.5 Å². The molecule has 3 heteroatoms. The van der Waals surface area contributed by atoms with Gasteiger partial charge in [0.1, 0.15) is 0 Å². The second kappa shape index (κ2) is 10.5. The summed E-state index contributed by atoms with van der Waals surface area (Å²) in [6.45, 7) is 2.03. The number of hydrazine groups is 1. The van der Waals surface area contributed by atoms with Crippen LogP contribution in [-0.4, -0.2) is 0 Å². The Morgan fingerprint density at radius 2 is 0.735 bits per heavy atom. The van der Waals surface area contributed by atoms with Crippen LogP contribution in [0.15, 0.2) is 146 Å². The third-order valence-corrected chi connectivity index (χ3v) is 5.57. The fraction of sp³-hybridized carbons (Fsp3) is 0. The van der Waals surface area contributed by atoms with E-state index in [2.05, 4.69) is 112 Å². The van der Waals surface area contributed by atoms with E-state index in [1.165, 1.54) is 0 Å². The molecule has 0 saturated heterocycles. The number of anilines is 5. The molecule has 0 heterocycles. The van der Waals surface area contributed by atoms with Crippen LogP contribution in [0.1, 0.15) is 5.56 Å².